The van der Waals surface area contributed by atoms with E-state index >= 15 is 0 Å². The van der Waals surface area contributed by atoms with Gasteiger partial charge in [-0.2, -0.15) is 0 Å². The Kier molecular flexibility index (Phi) is 4.24. The van der Waals surface area contributed by atoms with Gasteiger partial charge in [0, 0.05) is 0 Å². The molecule has 6 heteroatoms. The fourth-order valence-corrected chi connectivity index (χ4v) is 9.21. The first kappa shape index (κ1) is 19.0. The van der Waals surface area contributed by atoms with Gasteiger partial charge >= 0.3 is 180 Å². The van der Waals surface area contributed by atoms with Crippen molar-refractivity contribution in [3.63, 3.8) is 0 Å². The second kappa shape index (κ2) is 6.91. The van der Waals surface area contributed by atoms with Crippen LogP contribution in [0.15, 0.2) is 72.8 Å². The first-order chi connectivity index (χ1) is 15.3. The van der Waals surface area contributed by atoms with Crippen LogP contribution in [0.2, 0.25) is 0 Å². The van der Waals surface area contributed by atoms with Gasteiger partial charge in [-0.3, -0.25) is 0 Å². The van der Waals surface area contributed by atoms with Gasteiger partial charge < -0.3 is 0 Å². The molecule has 0 N–H and O–H groups in total. The Morgan fingerprint density at radius 2 is 1.16 bits per heavy atom. The first-order valence-electron chi connectivity index (χ1n) is 10.4. The zero-order valence-corrected chi connectivity index (χ0v) is 18.1. The van der Waals surface area contributed by atoms with Crippen LogP contribution in [-0.2, 0) is 14.0 Å². The zero-order chi connectivity index (χ0) is 20.9. The maximum atomic E-state index is 6.87. The summed E-state index contributed by atoms with van der Waals surface area (Å²) in [6, 6.07) is 24.7. The van der Waals surface area contributed by atoms with E-state index in [1.54, 1.807) is 7.11 Å². The normalized spacial score (nSPS) is 18.0. The Hall–Kier alpha value is -2.69. The Balaban J connectivity index is 1.54. The van der Waals surface area contributed by atoms with Crippen LogP contribution < -0.4 is 19.7 Å². The average molecular weight is 434 g/mol. The molecule has 0 atom stereocenters. The summed E-state index contributed by atoms with van der Waals surface area (Å²) in [5.74, 6) is 1.60. The van der Waals surface area contributed by atoms with Gasteiger partial charge in [0.2, 0.25) is 0 Å². The summed E-state index contributed by atoms with van der Waals surface area (Å²) in [7, 11) is -2.26. The van der Waals surface area contributed by atoms with Gasteiger partial charge in [-0.1, -0.05) is 0 Å². The third-order valence-electron chi connectivity index (χ3n) is 6.03. The fourth-order valence-electron chi connectivity index (χ4n) is 4.77. The minimum atomic E-state index is -3.92. The summed E-state index contributed by atoms with van der Waals surface area (Å²) in [6.07, 6.45) is 0. The molecule has 0 saturated heterocycles. The van der Waals surface area contributed by atoms with Crippen LogP contribution in [0.25, 0.3) is 21.5 Å². The molecule has 2 aliphatic rings. The van der Waals surface area contributed by atoms with Crippen molar-refractivity contribution >= 4 is 39.4 Å². The summed E-state index contributed by atoms with van der Waals surface area (Å²) in [6.45, 7) is 1.83. The SMILES string of the molecule is COCCOCCOP12(Oc3cccc4cccc1c34)Oc1cccc3cccc2c13. The Morgan fingerprint density at radius 3 is 1.71 bits per heavy atom. The second-order valence-corrected chi connectivity index (χ2v) is 11.1. The minimum absolute atomic E-state index is 0.344. The van der Waals surface area contributed by atoms with Gasteiger partial charge in [0.05, 0.1) is 0 Å². The summed E-state index contributed by atoms with van der Waals surface area (Å²) >= 11 is 0. The summed E-state index contributed by atoms with van der Waals surface area (Å²) in [5.41, 5.74) is 0. The predicted molar refractivity (Wildman–Crippen MR) is 124 cm³/mol. The van der Waals surface area contributed by atoms with Crippen molar-refractivity contribution in [3.05, 3.63) is 72.8 Å². The molecule has 0 saturated carbocycles. The van der Waals surface area contributed by atoms with E-state index in [2.05, 4.69) is 48.5 Å². The summed E-state index contributed by atoms with van der Waals surface area (Å²) in [4.78, 5) is 0. The van der Waals surface area contributed by atoms with Crippen LogP contribution in [0, 0.1) is 0 Å². The van der Waals surface area contributed by atoms with E-state index in [4.69, 9.17) is 23.0 Å². The van der Waals surface area contributed by atoms with Gasteiger partial charge in [-0.25, -0.2) is 0 Å². The van der Waals surface area contributed by atoms with E-state index in [9.17, 15) is 0 Å². The summed E-state index contributed by atoms with van der Waals surface area (Å²) in [5, 5.41) is 6.33. The van der Waals surface area contributed by atoms with E-state index in [0.29, 0.717) is 26.4 Å². The molecule has 0 unspecified atom stereocenters. The molecule has 4 aromatic rings. The molecule has 6 rings (SSSR count). The molecule has 158 valence electrons. The van der Waals surface area contributed by atoms with Crippen LogP contribution in [0.1, 0.15) is 0 Å². The quantitative estimate of drug-likeness (QED) is 0.312. The maximum absolute atomic E-state index is 6.87. The molecular formula is C25H23O5P. The Labute approximate surface area is 180 Å². The van der Waals surface area contributed by atoms with E-state index in [1.165, 1.54) is 0 Å². The van der Waals surface area contributed by atoms with Crippen molar-refractivity contribution < 1.29 is 23.0 Å². The van der Waals surface area contributed by atoms with Crippen molar-refractivity contribution in [3.8, 4) is 11.5 Å². The number of benzene rings is 4. The van der Waals surface area contributed by atoms with Crippen LogP contribution in [0.5, 0.6) is 11.5 Å². The molecule has 2 heterocycles. The van der Waals surface area contributed by atoms with Gasteiger partial charge in [0.25, 0.3) is 0 Å². The molecule has 4 aromatic carbocycles. The molecule has 5 nitrogen and oxygen atoms in total. The number of fused-ring (bicyclic) bond motifs is 2. The van der Waals surface area contributed by atoms with Crippen molar-refractivity contribution in [2.45, 2.75) is 0 Å². The van der Waals surface area contributed by atoms with Crippen LogP contribution in [0.3, 0.4) is 0 Å². The van der Waals surface area contributed by atoms with Crippen molar-refractivity contribution in [1.29, 1.82) is 0 Å². The van der Waals surface area contributed by atoms with Crippen molar-refractivity contribution in [2.24, 2.45) is 0 Å². The molecule has 0 fully saturated rings. The molecule has 0 radical (unpaired) electrons. The van der Waals surface area contributed by atoms with E-state index < -0.39 is 7.28 Å². The monoisotopic (exact) mass is 434 g/mol. The number of rotatable bonds is 7. The number of hydrogen-bond acceptors (Lipinski definition) is 5. The number of methoxy groups -OCH3 is 1. The van der Waals surface area contributed by atoms with Gasteiger partial charge in [-0.15, -0.1) is 0 Å². The third-order valence-corrected chi connectivity index (χ3v) is 10.1. The van der Waals surface area contributed by atoms with Gasteiger partial charge in [-0.05, 0) is 0 Å². The first-order valence-corrected chi connectivity index (χ1v) is 12.4. The van der Waals surface area contributed by atoms with Gasteiger partial charge in [0.15, 0.2) is 0 Å². The molecular weight excluding hydrogens is 411 g/mol. The number of ether oxygens (including phenoxy) is 2. The second-order valence-electron chi connectivity index (χ2n) is 7.77. The summed E-state index contributed by atoms with van der Waals surface area (Å²) < 4.78 is 31.3. The molecule has 2 aliphatic heterocycles. The Morgan fingerprint density at radius 1 is 0.645 bits per heavy atom. The standard InChI is InChI=1S/C25H23O5P/c1-26-14-15-27-16-17-28-31(22-12-4-8-18-6-2-10-20(29-31)24(18)22)23-13-5-9-19-7-3-11-21(30-31)25(19)23/h2-13H,14-17H2,1H3. The average Bonchev–Trinajstić information content (AvgIpc) is 3.25. The van der Waals surface area contributed by atoms with Crippen molar-refractivity contribution in [1.82, 2.24) is 0 Å². The predicted octanol–water partition coefficient (Wildman–Crippen LogP) is 4.71. The van der Waals surface area contributed by atoms with E-state index in [0.717, 1.165) is 43.7 Å². The fraction of sp³-hybridized carbons (Fsp3) is 0.200. The van der Waals surface area contributed by atoms with E-state index in [1.807, 2.05) is 24.3 Å². The van der Waals surface area contributed by atoms with Crippen LogP contribution in [-0.4, -0.2) is 33.5 Å². The zero-order valence-electron chi connectivity index (χ0n) is 17.2. The molecule has 0 bridgehead atoms. The van der Waals surface area contributed by atoms with E-state index in [-0.39, 0.29) is 0 Å². The molecule has 0 aliphatic carbocycles. The van der Waals surface area contributed by atoms with Crippen LogP contribution in [0.4, 0.5) is 0 Å². The van der Waals surface area contributed by atoms with Gasteiger partial charge in [0.1, 0.15) is 0 Å². The topological polar surface area (TPSA) is 46.2 Å². The molecule has 1 spiro atoms. The molecule has 31 heavy (non-hydrogen) atoms. The Bertz CT molecular complexity index is 1210. The third kappa shape index (κ3) is 2.52. The molecule has 0 amide bonds. The van der Waals surface area contributed by atoms with Crippen molar-refractivity contribution in [2.75, 3.05) is 33.5 Å². The molecule has 0 aromatic heterocycles. The van der Waals surface area contributed by atoms with Crippen LogP contribution >= 0.6 is 7.28 Å². The number of hydrogen-bond donors (Lipinski definition) is 0.